The highest BCUT2D eigenvalue weighted by Crippen LogP contribution is 2.41. The monoisotopic (exact) mass is 283 g/mol. The van der Waals surface area contributed by atoms with Crippen LogP contribution in [-0.4, -0.2) is 29.4 Å². The molecule has 0 atom stereocenters. The Morgan fingerprint density at radius 1 is 1.10 bits per heavy atom. The maximum atomic E-state index is 12.9. The van der Waals surface area contributed by atoms with Crippen LogP contribution in [0.5, 0.6) is 0 Å². The summed E-state index contributed by atoms with van der Waals surface area (Å²) in [6.45, 7) is 0. The lowest BCUT2D eigenvalue weighted by molar-refractivity contribution is -0.126. The van der Waals surface area contributed by atoms with Crippen LogP contribution < -0.4 is 4.90 Å². The van der Waals surface area contributed by atoms with E-state index in [2.05, 4.69) is 0 Å². The summed E-state index contributed by atoms with van der Waals surface area (Å²) >= 11 is 0. The molecule has 108 valence electrons. The number of anilines is 1. The molecule has 21 heavy (non-hydrogen) atoms. The minimum absolute atomic E-state index is 0.126. The number of hydrogen-bond acceptors (Lipinski definition) is 3. The van der Waals surface area contributed by atoms with Crippen molar-refractivity contribution in [1.82, 2.24) is 4.90 Å². The third kappa shape index (κ3) is 1.90. The van der Waals surface area contributed by atoms with Crippen LogP contribution in [0.15, 0.2) is 24.3 Å². The molecule has 5 heteroatoms. The van der Waals surface area contributed by atoms with Gasteiger partial charge < -0.3 is 4.90 Å². The molecule has 1 aromatic carbocycles. The summed E-state index contributed by atoms with van der Waals surface area (Å²) in [5.41, 5.74) is 0.389. The molecule has 1 aliphatic carbocycles. The van der Waals surface area contributed by atoms with Crippen molar-refractivity contribution in [3.05, 3.63) is 29.8 Å². The number of rotatable bonds is 1. The Morgan fingerprint density at radius 3 is 2.29 bits per heavy atom. The average Bonchev–Trinajstić information content (AvgIpc) is 2.71. The van der Waals surface area contributed by atoms with Crippen LogP contribution in [0.3, 0.4) is 0 Å². The molecule has 0 unspecified atom stereocenters. The van der Waals surface area contributed by atoms with Crippen molar-refractivity contribution in [2.45, 2.75) is 37.6 Å². The molecule has 1 saturated heterocycles. The zero-order chi connectivity index (χ0) is 15.0. The standard InChI is InChI=1S/C16H17N3O2/c1-18-15(21)19(13-7-5-12(11-17)6-8-13)14(20)16(18)9-3-2-4-10-16/h5-8H,2-4,9-10H2,1H3. The van der Waals surface area contributed by atoms with Crippen LogP contribution in [-0.2, 0) is 4.79 Å². The van der Waals surface area contributed by atoms with Crippen molar-refractivity contribution in [2.24, 2.45) is 0 Å². The van der Waals surface area contributed by atoms with E-state index in [9.17, 15) is 9.59 Å². The Labute approximate surface area is 123 Å². The van der Waals surface area contributed by atoms with Crippen LogP contribution in [0.4, 0.5) is 10.5 Å². The minimum atomic E-state index is -0.663. The molecule has 0 bridgehead atoms. The molecule has 0 aromatic heterocycles. The van der Waals surface area contributed by atoms with Crippen molar-refractivity contribution in [3.8, 4) is 6.07 Å². The van der Waals surface area contributed by atoms with Crippen molar-refractivity contribution >= 4 is 17.6 Å². The fourth-order valence-electron chi connectivity index (χ4n) is 3.37. The Kier molecular flexibility index (Phi) is 3.17. The number of benzene rings is 1. The summed E-state index contributed by atoms with van der Waals surface area (Å²) in [6, 6.07) is 8.33. The van der Waals surface area contributed by atoms with Gasteiger partial charge in [-0.3, -0.25) is 4.79 Å². The normalized spacial score (nSPS) is 21.0. The lowest BCUT2D eigenvalue weighted by Crippen LogP contribution is -2.49. The van der Waals surface area contributed by atoms with Gasteiger partial charge in [-0.15, -0.1) is 0 Å². The summed E-state index contributed by atoms with van der Waals surface area (Å²) in [7, 11) is 1.72. The van der Waals surface area contributed by atoms with Crippen molar-refractivity contribution in [3.63, 3.8) is 0 Å². The number of carbonyl (C=O) groups excluding carboxylic acids is 2. The zero-order valence-corrected chi connectivity index (χ0v) is 12.0. The van der Waals surface area contributed by atoms with Crippen LogP contribution in [0, 0.1) is 11.3 Å². The van der Waals surface area contributed by atoms with Gasteiger partial charge in [0.15, 0.2) is 0 Å². The van der Waals surface area contributed by atoms with Gasteiger partial charge in [-0.1, -0.05) is 19.3 Å². The number of urea groups is 1. The first-order chi connectivity index (χ1) is 10.1. The van der Waals surface area contributed by atoms with Gasteiger partial charge in [0.25, 0.3) is 5.91 Å². The van der Waals surface area contributed by atoms with E-state index in [1.165, 1.54) is 4.90 Å². The second-order valence-corrected chi connectivity index (χ2v) is 5.73. The fraction of sp³-hybridized carbons (Fsp3) is 0.438. The second-order valence-electron chi connectivity index (χ2n) is 5.73. The SMILES string of the molecule is CN1C(=O)N(c2ccc(C#N)cc2)C(=O)C12CCCCC2. The van der Waals surface area contributed by atoms with E-state index >= 15 is 0 Å². The maximum Gasteiger partial charge on any atom is 0.332 e. The first-order valence-electron chi connectivity index (χ1n) is 7.23. The van der Waals surface area contributed by atoms with Gasteiger partial charge >= 0.3 is 6.03 Å². The number of amides is 3. The molecule has 3 amide bonds. The maximum absolute atomic E-state index is 12.9. The quantitative estimate of drug-likeness (QED) is 0.744. The molecule has 1 aliphatic heterocycles. The van der Waals surface area contributed by atoms with Gasteiger partial charge in [0, 0.05) is 7.05 Å². The molecule has 3 rings (SSSR count). The molecule has 0 radical (unpaired) electrons. The summed E-state index contributed by atoms with van der Waals surface area (Å²) in [5, 5.41) is 8.83. The van der Waals surface area contributed by atoms with E-state index in [-0.39, 0.29) is 11.9 Å². The van der Waals surface area contributed by atoms with Gasteiger partial charge in [-0.05, 0) is 37.1 Å². The minimum Gasteiger partial charge on any atom is -0.312 e. The molecule has 0 N–H and O–H groups in total. The van der Waals surface area contributed by atoms with Crippen LogP contribution in [0.1, 0.15) is 37.7 Å². The van der Waals surface area contributed by atoms with E-state index in [0.29, 0.717) is 11.3 Å². The van der Waals surface area contributed by atoms with E-state index in [1.54, 1.807) is 36.2 Å². The molecule has 2 fully saturated rings. The Morgan fingerprint density at radius 2 is 1.71 bits per heavy atom. The summed E-state index contributed by atoms with van der Waals surface area (Å²) in [6.07, 6.45) is 4.55. The largest absolute Gasteiger partial charge is 0.332 e. The van der Waals surface area contributed by atoms with Crippen molar-refractivity contribution in [1.29, 1.82) is 5.26 Å². The lowest BCUT2D eigenvalue weighted by atomic mass is 9.80. The Hall–Kier alpha value is -2.35. The number of hydrogen-bond donors (Lipinski definition) is 0. The predicted octanol–water partition coefficient (Wildman–Crippen LogP) is 2.66. The average molecular weight is 283 g/mol. The molecular formula is C16H17N3O2. The molecule has 1 saturated carbocycles. The fourth-order valence-corrected chi connectivity index (χ4v) is 3.37. The van der Waals surface area contributed by atoms with Gasteiger partial charge in [-0.25, -0.2) is 9.69 Å². The first kappa shape index (κ1) is 13.6. The predicted molar refractivity (Wildman–Crippen MR) is 77.6 cm³/mol. The number of likely N-dealkylation sites (N-methyl/N-ethyl adjacent to an activating group) is 1. The molecule has 2 aliphatic rings. The van der Waals surface area contributed by atoms with Gasteiger partial charge in [0.1, 0.15) is 5.54 Å². The van der Waals surface area contributed by atoms with Gasteiger partial charge in [-0.2, -0.15) is 5.26 Å². The molecule has 1 spiro atoms. The summed E-state index contributed by atoms with van der Waals surface area (Å²) < 4.78 is 0. The smallest absolute Gasteiger partial charge is 0.312 e. The van der Waals surface area contributed by atoms with Gasteiger partial charge in [0.2, 0.25) is 0 Å². The second kappa shape index (κ2) is 4.88. The topological polar surface area (TPSA) is 64.4 Å². The van der Waals surface area contributed by atoms with E-state index in [4.69, 9.17) is 5.26 Å². The lowest BCUT2D eigenvalue weighted by Gasteiger charge is -2.35. The highest BCUT2D eigenvalue weighted by Gasteiger charge is 2.55. The zero-order valence-electron chi connectivity index (χ0n) is 12.0. The first-order valence-corrected chi connectivity index (χ1v) is 7.23. The van der Waals surface area contributed by atoms with E-state index in [1.807, 2.05) is 6.07 Å². The van der Waals surface area contributed by atoms with Crippen LogP contribution in [0.2, 0.25) is 0 Å². The molecule has 5 nitrogen and oxygen atoms in total. The summed E-state index contributed by atoms with van der Waals surface area (Å²) in [4.78, 5) is 28.2. The Bertz CT molecular complexity index is 624. The van der Waals surface area contributed by atoms with Crippen molar-refractivity contribution in [2.75, 3.05) is 11.9 Å². The highest BCUT2D eigenvalue weighted by atomic mass is 16.2. The van der Waals surface area contributed by atoms with Crippen LogP contribution >= 0.6 is 0 Å². The number of carbonyl (C=O) groups is 2. The van der Waals surface area contributed by atoms with Crippen molar-refractivity contribution < 1.29 is 9.59 Å². The third-order valence-corrected chi connectivity index (χ3v) is 4.66. The van der Waals surface area contributed by atoms with E-state index in [0.717, 1.165) is 32.1 Å². The third-order valence-electron chi connectivity index (χ3n) is 4.66. The van der Waals surface area contributed by atoms with Crippen LogP contribution in [0.25, 0.3) is 0 Å². The Balaban J connectivity index is 1.98. The number of nitrogens with zero attached hydrogens (tertiary/aromatic N) is 3. The molecular weight excluding hydrogens is 266 g/mol. The highest BCUT2D eigenvalue weighted by molar-refractivity contribution is 6.23. The van der Waals surface area contributed by atoms with Gasteiger partial charge in [0.05, 0.1) is 17.3 Å². The number of nitriles is 1. The number of imide groups is 1. The van der Waals surface area contributed by atoms with E-state index < -0.39 is 5.54 Å². The molecule has 1 heterocycles. The summed E-state index contributed by atoms with van der Waals surface area (Å²) in [5.74, 6) is -0.126. The molecule has 1 aromatic rings.